The summed E-state index contributed by atoms with van der Waals surface area (Å²) < 4.78 is 24.7. The smallest absolute Gasteiger partial charge is 0.148 e. The van der Waals surface area contributed by atoms with Crippen LogP contribution in [-0.2, 0) is 22.9 Å². The number of piperazine rings is 1. The second-order valence-electron chi connectivity index (χ2n) is 5.88. The number of imidazole rings is 1. The van der Waals surface area contributed by atoms with Gasteiger partial charge in [-0.15, -0.1) is 0 Å². The maximum atomic E-state index is 11.3. The van der Waals surface area contributed by atoms with Gasteiger partial charge >= 0.3 is 0 Å². The zero-order valence-electron chi connectivity index (χ0n) is 13.2. The van der Waals surface area contributed by atoms with Crippen molar-refractivity contribution in [3.63, 3.8) is 0 Å². The lowest BCUT2D eigenvalue weighted by Crippen LogP contribution is -2.52. The molecule has 1 aliphatic heterocycles. The zero-order valence-corrected chi connectivity index (χ0v) is 14.0. The van der Waals surface area contributed by atoms with Crippen LogP contribution in [0, 0.1) is 0 Å². The monoisotopic (exact) mass is 314 g/mol. The number of hydrogen-bond donors (Lipinski definition) is 0. The van der Waals surface area contributed by atoms with E-state index in [2.05, 4.69) is 33.2 Å². The van der Waals surface area contributed by atoms with Crippen molar-refractivity contribution in [1.29, 1.82) is 0 Å². The number of rotatable bonds is 6. The van der Waals surface area contributed by atoms with E-state index in [4.69, 9.17) is 0 Å². The van der Waals surface area contributed by atoms with E-state index in [0.717, 1.165) is 38.5 Å². The minimum atomic E-state index is -2.87. The molecule has 0 unspecified atom stereocenters. The van der Waals surface area contributed by atoms with Gasteiger partial charge in [-0.3, -0.25) is 9.80 Å². The van der Waals surface area contributed by atoms with Crippen LogP contribution < -0.4 is 0 Å². The molecule has 120 valence electrons. The summed E-state index contributed by atoms with van der Waals surface area (Å²) in [6, 6.07) is 0.417. The number of aryl methyl sites for hydroxylation is 1. The van der Waals surface area contributed by atoms with Gasteiger partial charge in [0, 0.05) is 57.4 Å². The fourth-order valence-electron chi connectivity index (χ4n) is 2.76. The molecule has 0 bridgehead atoms. The van der Waals surface area contributed by atoms with Crippen molar-refractivity contribution in [2.24, 2.45) is 0 Å². The van der Waals surface area contributed by atoms with Gasteiger partial charge in [-0.1, -0.05) is 0 Å². The maximum absolute atomic E-state index is 11.3. The highest BCUT2D eigenvalue weighted by atomic mass is 32.2. The first-order chi connectivity index (χ1) is 9.89. The lowest BCUT2D eigenvalue weighted by Gasteiger charge is -2.39. The highest BCUT2D eigenvalue weighted by Crippen LogP contribution is 2.13. The van der Waals surface area contributed by atoms with Gasteiger partial charge < -0.3 is 4.57 Å². The van der Waals surface area contributed by atoms with Crippen LogP contribution in [0.5, 0.6) is 0 Å². The topological polar surface area (TPSA) is 58.4 Å². The molecule has 2 heterocycles. The normalized spacial score (nSPS) is 21.8. The summed E-state index contributed by atoms with van der Waals surface area (Å²) >= 11 is 0. The highest BCUT2D eigenvalue weighted by molar-refractivity contribution is 7.90. The Morgan fingerprint density at radius 2 is 2.14 bits per heavy atom. The average molecular weight is 314 g/mol. The molecule has 1 aromatic rings. The van der Waals surface area contributed by atoms with Crippen molar-refractivity contribution in [2.75, 3.05) is 38.2 Å². The number of hydrogen-bond acceptors (Lipinski definition) is 5. The summed E-state index contributed by atoms with van der Waals surface area (Å²) in [5, 5.41) is 0. The van der Waals surface area contributed by atoms with E-state index < -0.39 is 9.84 Å². The van der Waals surface area contributed by atoms with Gasteiger partial charge in [-0.2, -0.15) is 0 Å². The Labute approximate surface area is 127 Å². The van der Waals surface area contributed by atoms with Gasteiger partial charge in [-0.05, 0) is 13.8 Å². The van der Waals surface area contributed by atoms with Gasteiger partial charge in [0.25, 0.3) is 0 Å². The summed E-state index contributed by atoms with van der Waals surface area (Å²) in [6.07, 6.45) is 5.17. The van der Waals surface area contributed by atoms with Crippen LogP contribution in [0.3, 0.4) is 0 Å². The number of sulfone groups is 1. The van der Waals surface area contributed by atoms with Crippen LogP contribution in [0.1, 0.15) is 19.7 Å². The predicted octanol–water partition coefficient (Wildman–Crippen LogP) is 0.454. The standard InChI is InChI=1S/C14H26N4O2S/c1-4-17-6-5-15-14(17)12-18-8-7-16(11-13(18)2)9-10-21(3,19)20/h5-6,13H,4,7-12H2,1-3H3/t13-/m0/s1. The van der Waals surface area contributed by atoms with Crippen LogP contribution in [0.15, 0.2) is 12.4 Å². The fraction of sp³-hybridized carbons (Fsp3) is 0.786. The van der Waals surface area contributed by atoms with Crippen molar-refractivity contribution < 1.29 is 8.42 Å². The lowest BCUT2D eigenvalue weighted by atomic mass is 10.2. The molecule has 0 aliphatic carbocycles. The SMILES string of the molecule is CCn1ccnc1CN1CCN(CCS(C)(=O)=O)C[C@@H]1C. The molecule has 0 saturated carbocycles. The number of aromatic nitrogens is 2. The molecule has 0 aromatic carbocycles. The molecule has 0 amide bonds. The highest BCUT2D eigenvalue weighted by Gasteiger charge is 2.25. The molecule has 1 atom stereocenters. The quantitative estimate of drug-likeness (QED) is 0.763. The molecule has 0 spiro atoms. The first kappa shape index (κ1) is 16.5. The molecule has 1 aromatic heterocycles. The Morgan fingerprint density at radius 1 is 1.38 bits per heavy atom. The van der Waals surface area contributed by atoms with Crippen LogP contribution in [0.4, 0.5) is 0 Å². The average Bonchev–Trinajstić information content (AvgIpc) is 2.85. The van der Waals surface area contributed by atoms with E-state index in [1.165, 1.54) is 6.26 Å². The van der Waals surface area contributed by atoms with Crippen molar-refractivity contribution in [3.05, 3.63) is 18.2 Å². The van der Waals surface area contributed by atoms with E-state index in [1.54, 1.807) is 0 Å². The third-order valence-corrected chi connectivity index (χ3v) is 5.04. The van der Waals surface area contributed by atoms with Crippen molar-refractivity contribution >= 4 is 9.84 Å². The van der Waals surface area contributed by atoms with E-state index in [0.29, 0.717) is 12.6 Å². The Morgan fingerprint density at radius 3 is 2.76 bits per heavy atom. The molecular weight excluding hydrogens is 288 g/mol. The zero-order chi connectivity index (χ0) is 15.5. The molecule has 0 N–H and O–H groups in total. The first-order valence-electron chi connectivity index (χ1n) is 7.53. The van der Waals surface area contributed by atoms with Crippen molar-refractivity contribution in [3.8, 4) is 0 Å². The van der Waals surface area contributed by atoms with E-state index in [1.807, 2.05) is 12.4 Å². The van der Waals surface area contributed by atoms with Gasteiger partial charge in [-0.25, -0.2) is 13.4 Å². The van der Waals surface area contributed by atoms with Crippen LogP contribution in [0.2, 0.25) is 0 Å². The Kier molecular flexibility index (Phi) is 5.40. The molecule has 0 radical (unpaired) electrons. The molecule has 6 nitrogen and oxygen atoms in total. The summed E-state index contributed by atoms with van der Waals surface area (Å²) in [5.74, 6) is 1.36. The molecule has 1 aliphatic rings. The van der Waals surface area contributed by atoms with E-state index in [9.17, 15) is 8.42 Å². The van der Waals surface area contributed by atoms with E-state index >= 15 is 0 Å². The van der Waals surface area contributed by atoms with Gasteiger partial charge in [0.15, 0.2) is 0 Å². The fourth-order valence-corrected chi connectivity index (χ4v) is 3.35. The largest absolute Gasteiger partial charge is 0.334 e. The minimum absolute atomic E-state index is 0.250. The second kappa shape index (κ2) is 6.89. The van der Waals surface area contributed by atoms with E-state index in [-0.39, 0.29) is 5.75 Å². The molecule has 21 heavy (non-hydrogen) atoms. The lowest BCUT2D eigenvalue weighted by molar-refractivity contribution is 0.0786. The summed E-state index contributed by atoms with van der Waals surface area (Å²) in [7, 11) is -2.87. The van der Waals surface area contributed by atoms with Crippen molar-refractivity contribution in [2.45, 2.75) is 33.0 Å². The van der Waals surface area contributed by atoms with Crippen LogP contribution in [0.25, 0.3) is 0 Å². The van der Waals surface area contributed by atoms with Gasteiger partial charge in [0.2, 0.25) is 0 Å². The number of nitrogens with zero attached hydrogens (tertiary/aromatic N) is 4. The van der Waals surface area contributed by atoms with Crippen molar-refractivity contribution in [1.82, 2.24) is 19.4 Å². The van der Waals surface area contributed by atoms with Gasteiger partial charge in [0.05, 0.1) is 12.3 Å². The molecule has 7 heteroatoms. The van der Waals surface area contributed by atoms with Crippen LogP contribution in [-0.4, -0.2) is 72.0 Å². The Balaban J connectivity index is 1.86. The second-order valence-corrected chi connectivity index (χ2v) is 8.14. The summed E-state index contributed by atoms with van der Waals surface area (Å²) in [6.45, 7) is 9.57. The Bertz CT molecular complexity index is 555. The molecule has 2 rings (SSSR count). The minimum Gasteiger partial charge on any atom is -0.334 e. The third-order valence-electron chi connectivity index (χ3n) is 4.11. The maximum Gasteiger partial charge on any atom is 0.148 e. The molecule has 1 fully saturated rings. The predicted molar refractivity (Wildman–Crippen MR) is 83.9 cm³/mol. The Hall–Kier alpha value is -0.920. The van der Waals surface area contributed by atoms with Crippen LogP contribution >= 0.6 is 0 Å². The third kappa shape index (κ3) is 4.79. The summed E-state index contributed by atoms with van der Waals surface area (Å²) in [4.78, 5) is 9.10. The van der Waals surface area contributed by atoms with Gasteiger partial charge in [0.1, 0.15) is 15.7 Å². The first-order valence-corrected chi connectivity index (χ1v) is 9.59. The molecule has 1 saturated heterocycles. The molecular formula is C14H26N4O2S. The summed E-state index contributed by atoms with van der Waals surface area (Å²) in [5.41, 5.74) is 0.